The number of hydroxylamine groups is 2. The molecule has 1 N–H and O–H groups in total. The van der Waals surface area contributed by atoms with Gasteiger partial charge in [0, 0.05) is 13.1 Å². The third-order valence-corrected chi connectivity index (χ3v) is 2.49. The first-order valence-corrected chi connectivity index (χ1v) is 4.60. The smallest absolute Gasteiger partial charge is 0.0295 e. The SMILES string of the molecule is C=C(C)CC1(C)CCCN(O)C1. The van der Waals surface area contributed by atoms with Gasteiger partial charge in [-0.1, -0.05) is 12.5 Å². The molecule has 0 saturated carbocycles. The summed E-state index contributed by atoms with van der Waals surface area (Å²) in [6.07, 6.45) is 3.33. The molecule has 1 fully saturated rings. The number of hydrogen-bond donors (Lipinski definition) is 1. The summed E-state index contributed by atoms with van der Waals surface area (Å²) in [6, 6.07) is 0. The highest BCUT2D eigenvalue weighted by molar-refractivity contribution is 4.97. The van der Waals surface area contributed by atoms with Crippen molar-refractivity contribution in [2.45, 2.75) is 33.1 Å². The lowest BCUT2D eigenvalue weighted by Gasteiger charge is -2.37. The lowest BCUT2D eigenvalue weighted by molar-refractivity contribution is -0.135. The van der Waals surface area contributed by atoms with E-state index in [4.69, 9.17) is 0 Å². The molecule has 2 heteroatoms. The van der Waals surface area contributed by atoms with E-state index >= 15 is 0 Å². The second-order valence-corrected chi connectivity index (χ2v) is 4.44. The molecule has 70 valence electrons. The zero-order valence-electron chi connectivity index (χ0n) is 8.14. The first-order valence-electron chi connectivity index (χ1n) is 4.60. The molecule has 0 amide bonds. The number of piperidine rings is 1. The van der Waals surface area contributed by atoms with Gasteiger partial charge in [0.05, 0.1) is 0 Å². The van der Waals surface area contributed by atoms with Gasteiger partial charge >= 0.3 is 0 Å². The van der Waals surface area contributed by atoms with E-state index in [1.54, 1.807) is 0 Å². The van der Waals surface area contributed by atoms with Gasteiger partial charge in [0.15, 0.2) is 0 Å². The summed E-state index contributed by atoms with van der Waals surface area (Å²) < 4.78 is 0. The minimum absolute atomic E-state index is 0.249. The van der Waals surface area contributed by atoms with Crippen LogP contribution in [0.25, 0.3) is 0 Å². The molecule has 0 aliphatic carbocycles. The summed E-state index contributed by atoms with van der Waals surface area (Å²) in [5.74, 6) is 0. The van der Waals surface area contributed by atoms with Crippen LogP contribution in [0, 0.1) is 5.41 Å². The summed E-state index contributed by atoms with van der Waals surface area (Å²) in [7, 11) is 0. The highest BCUT2D eigenvalue weighted by atomic mass is 16.5. The zero-order chi connectivity index (χ0) is 9.19. The Labute approximate surface area is 74.8 Å². The minimum atomic E-state index is 0.249. The lowest BCUT2D eigenvalue weighted by atomic mass is 9.78. The second kappa shape index (κ2) is 3.58. The number of hydrogen-bond acceptors (Lipinski definition) is 2. The molecule has 1 aliphatic rings. The predicted molar refractivity (Wildman–Crippen MR) is 50.1 cm³/mol. The fraction of sp³-hybridized carbons (Fsp3) is 0.800. The van der Waals surface area contributed by atoms with Crippen LogP contribution in [0.3, 0.4) is 0 Å². The van der Waals surface area contributed by atoms with E-state index in [1.807, 2.05) is 0 Å². The zero-order valence-corrected chi connectivity index (χ0v) is 8.14. The fourth-order valence-corrected chi connectivity index (χ4v) is 2.16. The summed E-state index contributed by atoms with van der Waals surface area (Å²) in [5.41, 5.74) is 1.46. The van der Waals surface area contributed by atoms with Gasteiger partial charge in [0.2, 0.25) is 0 Å². The van der Waals surface area contributed by atoms with Gasteiger partial charge < -0.3 is 5.21 Å². The van der Waals surface area contributed by atoms with Crippen LogP contribution >= 0.6 is 0 Å². The van der Waals surface area contributed by atoms with Crippen LogP contribution in [-0.4, -0.2) is 23.4 Å². The molecule has 0 radical (unpaired) electrons. The van der Waals surface area contributed by atoms with Crippen molar-refractivity contribution >= 4 is 0 Å². The Balaban J connectivity index is 2.51. The van der Waals surface area contributed by atoms with Crippen molar-refractivity contribution in [1.29, 1.82) is 0 Å². The fourth-order valence-electron chi connectivity index (χ4n) is 2.16. The normalized spacial score (nSPS) is 31.9. The van der Waals surface area contributed by atoms with Crippen LogP contribution in [0.5, 0.6) is 0 Å². The topological polar surface area (TPSA) is 23.5 Å². The Hall–Kier alpha value is -0.340. The van der Waals surface area contributed by atoms with Crippen LogP contribution in [-0.2, 0) is 0 Å². The Morgan fingerprint density at radius 2 is 2.33 bits per heavy atom. The molecular formula is C10H19NO. The van der Waals surface area contributed by atoms with Crippen molar-refractivity contribution in [1.82, 2.24) is 5.06 Å². The summed E-state index contributed by atoms with van der Waals surface area (Å²) >= 11 is 0. The van der Waals surface area contributed by atoms with Gasteiger partial charge in [-0.2, -0.15) is 5.06 Å². The van der Waals surface area contributed by atoms with Crippen LogP contribution in [0.1, 0.15) is 33.1 Å². The van der Waals surface area contributed by atoms with E-state index in [-0.39, 0.29) is 5.41 Å². The number of rotatable bonds is 2. The first kappa shape index (κ1) is 9.75. The molecule has 1 atom stereocenters. The average Bonchev–Trinajstić information content (AvgIpc) is 1.82. The summed E-state index contributed by atoms with van der Waals surface area (Å²) in [6.45, 7) is 9.82. The van der Waals surface area contributed by atoms with Gasteiger partial charge in [-0.3, -0.25) is 0 Å². The monoisotopic (exact) mass is 169 g/mol. The molecule has 1 aliphatic heterocycles. The maximum absolute atomic E-state index is 9.36. The number of nitrogens with zero attached hydrogens (tertiary/aromatic N) is 1. The van der Waals surface area contributed by atoms with Crippen molar-refractivity contribution in [2.24, 2.45) is 5.41 Å². The van der Waals surface area contributed by atoms with Gasteiger partial charge in [-0.15, -0.1) is 6.58 Å². The maximum Gasteiger partial charge on any atom is 0.0295 e. The molecule has 0 spiro atoms. The average molecular weight is 169 g/mol. The van der Waals surface area contributed by atoms with Crippen molar-refractivity contribution in [2.75, 3.05) is 13.1 Å². The molecule has 1 saturated heterocycles. The largest absolute Gasteiger partial charge is 0.314 e. The molecule has 1 rings (SSSR count). The molecule has 12 heavy (non-hydrogen) atoms. The molecule has 0 aromatic heterocycles. The lowest BCUT2D eigenvalue weighted by Crippen LogP contribution is -2.39. The minimum Gasteiger partial charge on any atom is -0.314 e. The van der Waals surface area contributed by atoms with Crippen molar-refractivity contribution in [3.05, 3.63) is 12.2 Å². The van der Waals surface area contributed by atoms with Crippen LogP contribution < -0.4 is 0 Å². The van der Waals surface area contributed by atoms with E-state index in [0.29, 0.717) is 0 Å². The Bertz CT molecular complexity index is 179. The van der Waals surface area contributed by atoms with Gasteiger partial charge in [0.1, 0.15) is 0 Å². The Morgan fingerprint density at radius 1 is 1.67 bits per heavy atom. The van der Waals surface area contributed by atoms with Crippen LogP contribution in [0.2, 0.25) is 0 Å². The quantitative estimate of drug-likeness (QED) is 0.642. The maximum atomic E-state index is 9.36. The first-order chi connectivity index (χ1) is 5.52. The molecular weight excluding hydrogens is 150 g/mol. The van der Waals surface area contributed by atoms with E-state index in [0.717, 1.165) is 25.9 Å². The second-order valence-electron chi connectivity index (χ2n) is 4.44. The van der Waals surface area contributed by atoms with E-state index < -0.39 is 0 Å². The molecule has 0 aromatic carbocycles. The van der Waals surface area contributed by atoms with Crippen molar-refractivity contribution < 1.29 is 5.21 Å². The van der Waals surface area contributed by atoms with Crippen LogP contribution in [0.4, 0.5) is 0 Å². The summed E-state index contributed by atoms with van der Waals surface area (Å²) in [4.78, 5) is 0. The van der Waals surface area contributed by atoms with E-state index in [2.05, 4.69) is 20.4 Å². The highest BCUT2D eigenvalue weighted by Crippen LogP contribution is 2.34. The highest BCUT2D eigenvalue weighted by Gasteiger charge is 2.29. The third-order valence-electron chi connectivity index (χ3n) is 2.49. The summed E-state index contributed by atoms with van der Waals surface area (Å²) in [5, 5.41) is 10.8. The Kier molecular flexibility index (Phi) is 2.91. The molecule has 1 heterocycles. The van der Waals surface area contributed by atoms with Crippen molar-refractivity contribution in [3.8, 4) is 0 Å². The Morgan fingerprint density at radius 3 is 2.83 bits per heavy atom. The van der Waals surface area contributed by atoms with Gasteiger partial charge in [0.25, 0.3) is 0 Å². The van der Waals surface area contributed by atoms with E-state index in [9.17, 15) is 5.21 Å². The standard InChI is InChI=1S/C10H19NO/c1-9(2)7-10(3)5-4-6-11(12)8-10/h12H,1,4-8H2,2-3H3. The van der Waals surface area contributed by atoms with Crippen LogP contribution in [0.15, 0.2) is 12.2 Å². The van der Waals surface area contributed by atoms with Crippen molar-refractivity contribution in [3.63, 3.8) is 0 Å². The molecule has 2 nitrogen and oxygen atoms in total. The van der Waals surface area contributed by atoms with E-state index in [1.165, 1.54) is 17.1 Å². The number of allylic oxidation sites excluding steroid dienone is 1. The molecule has 0 bridgehead atoms. The van der Waals surface area contributed by atoms with Gasteiger partial charge in [-0.05, 0) is 31.6 Å². The van der Waals surface area contributed by atoms with Gasteiger partial charge in [-0.25, -0.2) is 0 Å². The molecule has 0 aromatic rings. The molecule has 1 unspecified atom stereocenters. The third kappa shape index (κ3) is 2.61. The predicted octanol–water partition coefficient (Wildman–Crippen LogP) is 2.44.